The van der Waals surface area contributed by atoms with E-state index in [2.05, 4.69) is 5.32 Å². The second kappa shape index (κ2) is 6.79. The van der Waals surface area contributed by atoms with E-state index in [1.54, 1.807) is 31.2 Å². The Hall–Kier alpha value is -1.48. The molecule has 2 heterocycles. The molecule has 1 fully saturated rings. The lowest BCUT2D eigenvalue weighted by Gasteiger charge is -2.32. The number of fused-ring (bicyclic) bond motifs is 1. The molecule has 0 bridgehead atoms. The smallest absolute Gasteiger partial charge is 0.348 e. The number of nitrogens with zero attached hydrogens (tertiary/aromatic N) is 1. The number of hydrogen-bond donors (Lipinski definition) is 1. The second-order valence-corrected chi connectivity index (χ2v) is 8.67. The molecule has 1 saturated heterocycles. The van der Waals surface area contributed by atoms with Gasteiger partial charge in [0.1, 0.15) is 4.88 Å². The SMILES string of the molecule is CCOC(=O)c1cc2cc(S(=O)(=O)N3CCNC[C@H]3C)ccc2s1. The van der Waals surface area contributed by atoms with Crippen LogP contribution < -0.4 is 5.32 Å². The summed E-state index contributed by atoms with van der Waals surface area (Å²) in [4.78, 5) is 12.6. The number of esters is 1. The average Bonchev–Trinajstić information content (AvgIpc) is 2.98. The minimum absolute atomic E-state index is 0.0861. The fourth-order valence-electron chi connectivity index (χ4n) is 2.80. The van der Waals surface area contributed by atoms with Crippen LogP contribution in [0.4, 0.5) is 0 Å². The number of thiophene rings is 1. The summed E-state index contributed by atoms with van der Waals surface area (Å²) in [6.45, 7) is 5.72. The zero-order valence-electron chi connectivity index (χ0n) is 13.6. The molecule has 1 aromatic carbocycles. The van der Waals surface area contributed by atoms with E-state index in [4.69, 9.17) is 4.74 Å². The largest absolute Gasteiger partial charge is 0.462 e. The van der Waals surface area contributed by atoms with Crippen LogP contribution in [0.1, 0.15) is 23.5 Å². The average molecular weight is 368 g/mol. The number of sulfonamides is 1. The molecule has 1 N–H and O–H groups in total. The molecule has 1 aliphatic rings. The molecule has 0 aliphatic carbocycles. The van der Waals surface area contributed by atoms with Gasteiger partial charge in [-0.25, -0.2) is 13.2 Å². The maximum absolute atomic E-state index is 12.9. The molecular formula is C16H20N2O4S2. The first-order valence-corrected chi connectivity index (χ1v) is 10.1. The molecule has 0 amide bonds. The molecule has 3 rings (SSSR count). The van der Waals surface area contributed by atoms with E-state index in [0.717, 1.165) is 10.1 Å². The highest BCUT2D eigenvalue weighted by atomic mass is 32.2. The van der Waals surface area contributed by atoms with Gasteiger partial charge in [-0.2, -0.15) is 4.31 Å². The lowest BCUT2D eigenvalue weighted by molar-refractivity contribution is 0.0532. The first kappa shape index (κ1) is 17.3. The van der Waals surface area contributed by atoms with Crippen LogP contribution in [-0.4, -0.2) is 51.0 Å². The molecule has 1 aromatic heterocycles. The summed E-state index contributed by atoms with van der Waals surface area (Å²) < 4.78 is 33.2. The van der Waals surface area contributed by atoms with Crippen molar-refractivity contribution in [3.8, 4) is 0 Å². The Kier molecular flexibility index (Phi) is 4.91. The third kappa shape index (κ3) is 3.19. The quantitative estimate of drug-likeness (QED) is 0.836. The van der Waals surface area contributed by atoms with Gasteiger partial charge in [-0.15, -0.1) is 11.3 Å². The van der Waals surface area contributed by atoms with E-state index in [1.165, 1.54) is 15.6 Å². The van der Waals surface area contributed by atoms with Crippen LogP contribution in [0.15, 0.2) is 29.2 Å². The van der Waals surface area contributed by atoms with Crippen LogP contribution in [0, 0.1) is 0 Å². The Bertz CT molecular complexity index is 860. The summed E-state index contributed by atoms with van der Waals surface area (Å²) >= 11 is 1.31. The fraction of sp³-hybridized carbons (Fsp3) is 0.438. The van der Waals surface area contributed by atoms with Gasteiger partial charge >= 0.3 is 5.97 Å². The van der Waals surface area contributed by atoms with Crippen LogP contribution in [-0.2, 0) is 14.8 Å². The van der Waals surface area contributed by atoms with Gasteiger partial charge < -0.3 is 10.1 Å². The van der Waals surface area contributed by atoms with Crippen LogP contribution in [0.25, 0.3) is 10.1 Å². The van der Waals surface area contributed by atoms with E-state index in [1.807, 2.05) is 6.92 Å². The summed E-state index contributed by atoms with van der Waals surface area (Å²) in [5, 5.41) is 3.93. The molecule has 0 unspecified atom stereocenters. The van der Waals surface area contributed by atoms with E-state index in [0.29, 0.717) is 31.1 Å². The Balaban J connectivity index is 1.96. The predicted molar refractivity (Wildman–Crippen MR) is 94.0 cm³/mol. The highest BCUT2D eigenvalue weighted by molar-refractivity contribution is 7.89. The van der Waals surface area contributed by atoms with Gasteiger partial charge in [-0.3, -0.25) is 0 Å². The molecule has 0 spiro atoms. The highest BCUT2D eigenvalue weighted by Gasteiger charge is 2.31. The standard InChI is InChI=1S/C16H20N2O4S2/c1-3-22-16(19)15-9-12-8-13(4-5-14(12)23-15)24(20,21)18-7-6-17-10-11(18)2/h4-5,8-9,11,17H,3,6-7,10H2,1-2H3/t11-/m1/s1. The number of carbonyl (C=O) groups excluding carboxylic acids is 1. The van der Waals surface area contributed by atoms with Crippen LogP contribution in [0.2, 0.25) is 0 Å². The zero-order valence-corrected chi connectivity index (χ0v) is 15.2. The van der Waals surface area contributed by atoms with Crippen molar-refractivity contribution >= 4 is 37.4 Å². The zero-order chi connectivity index (χ0) is 17.3. The molecule has 2 aromatic rings. The minimum atomic E-state index is -3.54. The number of carbonyl (C=O) groups is 1. The number of hydrogen-bond acceptors (Lipinski definition) is 6. The summed E-state index contributed by atoms with van der Waals surface area (Å²) in [5.41, 5.74) is 0. The number of ether oxygens (including phenoxy) is 1. The molecule has 24 heavy (non-hydrogen) atoms. The topological polar surface area (TPSA) is 75.7 Å². The summed E-state index contributed by atoms with van der Waals surface area (Å²) in [7, 11) is -3.54. The van der Waals surface area contributed by atoms with Gasteiger partial charge in [0.25, 0.3) is 0 Å². The van der Waals surface area contributed by atoms with Crippen molar-refractivity contribution in [1.82, 2.24) is 9.62 Å². The Morgan fingerprint density at radius 3 is 2.92 bits per heavy atom. The third-order valence-electron chi connectivity index (χ3n) is 4.01. The van der Waals surface area contributed by atoms with Crippen LogP contribution in [0.5, 0.6) is 0 Å². The first-order chi connectivity index (χ1) is 11.4. The molecule has 6 nitrogen and oxygen atoms in total. The Labute approximate surface area is 145 Å². The number of benzene rings is 1. The van der Waals surface area contributed by atoms with Crippen molar-refractivity contribution < 1.29 is 17.9 Å². The molecule has 0 saturated carbocycles. The van der Waals surface area contributed by atoms with Gasteiger partial charge in [0.15, 0.2) is 0 Å². The summed E-state index contributed by atoms with van der Waals surface area (Å²) in [6.07, 6.45) is 0. The van der Waals surface area contributed by atoms with E-state index >= 15 is 0 Å². The number of piperazine rings is 1. The fourth-order valence-corrected chi connectivity index (χ4v) is 5.40. The van der Waals surface area contributed by atoms with Gasteiger partial charge in [0.05, 0.1) is 11.5 Å². The lowest BCUT2D eigenvalue weighted by Crippen LogP contribution is -2.52. The van der Waals surface area contributed by atoms with Crippen molar-refractivity contribution in [3.05, 3.63) is 29.1 Å². The normalized spacial score (nSPS) is 19.5. The van der Waals surface area contributed by atoms with Crippen molar-refractivity contribution in [2.75, 3.05) is 26.2 Å². The summed E-state index contributed by atoms with van der Waals surface area (Å²) in [6, 6.07) is 6.61. The highest BCUT2D eigenvalue weighted by Crippen LogP contribution is 2.30. The Morgan fingerprint density at radius 1 is 1.42 bits per heavy atom. The van der Waals surface area contributed by atoms with E-state index in [-0.39, 0.29) is 16.9 Å². The van der Waals surface area contributed by atoms with Crippen LogP contribution >= 0.6 is 11.3 Å². The maximum Gasteiger partial charge on any atom is 0.348 e. The molecule has 1 atom stereocenters. The molecule has 1 aliphatic heterocycles. The van der Waals surface area contributed by atoms with Crippen LogP contribution in [0.3, 0.4) is 0 Å². The van der Waals surface area contributed by atoms with E-state index < -0.39 is 10.0 Å². The molecular weight excluding hydrogens is 348 g/mol. The second-order valence-electron chi connectivity index (χ2n) is 5.70. The van der Waals surface area contributed by atoms with Crippen molar-refractivity contribution in [2.45, 2.75) is 24.8 Å². The van der Waals surface area contributed by atoms with Gasteiger partial charge in [0, 0.05) is 30.4 Å². The third-order valence-corrected chi connectivity index (χ3v) is 7.12. The Morgan fingerprint density at radius 2 is 2.21 bits per heavy atom. The molecule has 130 valence electrons. The monoisotopic (exact) mass is 368 g/mol. The van der Waals surface area contributed by atoms with Crippen molar-refractivity contribution in [3.63, 3.8) is 0 Å². The lowest BCUT2D eigenvalue weighted by atomic mass is 10.2. The number of nitrogens with one attached hydrogen (secondary N) is 1. The van der Waals surface area contributed by atoms with Crippen molar-refractivity contribution in [1.29, 1.82) is 0 Å². The van der Waals surface area contributed by atoms with Crippen molar-refractivity contribution in [2.24, 2.45) is 0 Å². The maximum atomic E-state index is 12.9. The van der Waals surface area contributed by atoms with E-state index in [9.17, 15) is 13.2 Å². The summed E-state index contributed by atoms with van der Waals surface area (Å²) in [5.74, 6) is -0.376. The minimum Gasteiger partial charge on any atom is -0.462 e. The number of rotatable bonds is 4. The van der Waals surface area contributed by atoms with Gasteiger partial charge in [-0.1, -0.05) is 0 Å². The predicted octanol–water partition coefficient (Wildman–Crippen LogP) is 2.06. The molecule has 8 heteroatoms. The van der Waals surface area contributed by atoms with Gasteiger partial charge in [-0.05, 0) is 43.5 Å². The first-order valence-electron chi connectivity index (χ1n) is 7.86. The molecule has 0 radical (unpaired) electrons. The van der Waals surface area contributed by atoms with Gasteiger partial charge in [0.2, 0.25) is 10.0 Å².